The van der Waals surface area contributed by atoms with Gasteiger partial charge in [0.2, 0.25) is 5.91 Å². The first-order valence-electron chi connectivity index (χ1n) is 8.61. The molecule has 1 aliphatic carbocycles. The predicted molar refractivity (Wildman–Crippen MR) is 94.6 cm³/mol. The van der Waals surface area contributed by atoms with E-state index in [1.165, 1.54) is 32.1 Å². The van der Waals surface area contributed by atoms with Crippen molar-refractivity contribution in [3.63, 3.8) is 0 Å². The zero-order valence-corrected chi connectivity index (χ0v) is 14.4. The number of thiophene rings is 1. The van der Waals surface area contributed by atoms with Crippen molar-refractivity contribution in [3.05, 3.63) is 28.5 Å². The standard InChI is InChI=1S/C18H26N2O2S/c21-17(7-6-16-5-4-14-23-16)19-15-18(8-2-1-3-9-18)20-10-12-22-13-11-20/h4-7,14H,1-3,8-13,15H2,(H,19,21)/b7-6+. The van der Waals surface area contributed by atoms with E-state index in [0.29, 0.717) is 0 Å². The van der Waals surface area contributed by atoms with Gasteiger partial charge in [-0.2, -0.15) is 0 Å². The van der Waals surface area contributed by atoms with E-state index in [0.717, 1.165) is 37.7 Å². The fraction of sp³-hybridized carbons (Fsp3) is 0.611. The molecule has 0 aromatic carbocycles. The first-order valence-corrected chi connectivity index (χ1v) is 9.49. The molecule has 3 rings (SSSR count). The number of hydrogen-bond donors (Lipinski definition) is 1. The van der Waals surface area contributed by atoms with Crippen LogP contribution in [-0.4, -0.2) is 49.2 Å². The second-order valence-corrected chi connectivity index (χ2v) is 7.43. The summed E-state index contributed by atoms with van der Waals surface area (Å²) < 4.78 is 5.50. The monoisotopic (exact) mass is 334 g/mol. The molecule has 1 amide bonds. The third-order valence-corrected chi connectivity index (χ3v) is 5.84. The van der Waals surface area contributed by atoms with Gasteiger partial charge in [-0.25, -0.2) is 0 Å². The maximum absolute atomic E-state index is 12.2. The van der Waals surface area contributed by atoms with Crippen LogP contribution >= 0.6 is 11.3 Å². The van der Waals surface area contributed by atoms with Gasteiger partial charge in [0.05, 0.1) is 13.2 Å². The highest BCUT2D eigenvalue weighted by molar-refractivity contribution is 7.10. The third-order valence-electron chi connectivity index (χ3n) is 5.00. The van der Waals surface area contributed by atoms with Gasteiger partial charge >= 0.3 is 0 Å². The molecule has 0 unspecified atom stereocenters. The van der Waals surface area contributed by atoms with Gasteiger partial charge in [0, 0.05) is 36.1 Å². The molecule has 23 heavy (non-hydrogen) atoms. The van der Waals surface area contributed by atoms with Crippen LogP contribution in [0.3, 0.4) is 0 Å². The maximum Gasteiger partial charge on any atom is 0.244 e. The van der Waals surface area contributed by atoms with Crippen LogP contribution < -0.4 is 5.32 Å². The minimum atomic E-state index is 0.0107. The number of carbonyl (C=O) groups excluding carboxylic acids is 1. The highest BCUT2D eigenvalue weighted by atomic mass is 32.1. The normalized spacial score (nSPS) is 22.3. The smallest absolute Gasteiger partial charge is 0.244 e. The Bertz CT molecular complexity index is 515. The molecule has 2 fully saturated rings. The Hall–Kier alpha value is -1.17. The number of nitrogens with zero attached hydrogens (tertiary/aromatic N) is 1. The molecule has 1 aromatic rings. The summed E-state index contributed by atoms with van der Waals surface area (Å²) >= 11 is 1.64. The van der Waals surface area contributed by atoms with Crippen LogP contribution in [-0.2, 0) is 9.53 Å². The average Bonchev–Trinajstić information content (AvgIpc) is 3.13. The number of carbonyl (C=O) groups is 1. The van der Waals surface area contributed by atoms with E-state index in [4.69, 9.17) is 4.74 Å². The van der Waals surface area contributed by atoms with Gasteiger partial charge in [-0.1, -0.05) is 25.3 Å². The molecule has 4 nitrogen and oxygen atoms in total. The molecule has 1 saturated heterocycles. The first-order chi connectivity index (χ1) is 11.3. The summed E-state index contributed by atoms with van der Waals surface area (Å²) in [6.07, 6.45) is 9.75. The lowest BCUT2D eigenvalue weighted by atomic mass is 9.79. The Morgan fingerprint density at radius 3 is 2.78 bits per heavy atom. The van der Waals surface area contributed by atoms with E-state index in [1.54, 1.807) is 17.4 Å². The summed E-state index contributed by atoms with van der Waals surface area (Å²) in [5.41, 5.74) is 0.133. The molecule has 1 aromatic heterocycles. The Balaban J connectivity index is 1.58. The van der Waals surface area contributed by atoms with Crippen molar-refractivity contribution < 1.29 is 9.53 Å². The quantitative estimate of drug-likeness (QED) is 0.842. The number of amides is 1. The van der Waals surface area contributed by atoms with Crippen LogP contribution in [0.1, 0.15) is 37.0 Å². The Kier molecular flexibility index (Phi) is 5.86. The molecule has 2 aliphatic rings. The van der Waals surface area contributed by atoms with Crippen molar-refractivity contribution in [1.29, 1.82) is 0 Å². The fourth-order valence-corrected chi connectivity index (χ4v) is 4.32. The fourth-order valence-electron chi connectivity index (χ4n) is 3.71. The summed E-state index contributed by atoms with van der Waals surface area (Å²) in [6, 6.07) is 4.02. The summed E-state index contributed by atoms with van der Waals surface area (Å²) in [7, 11) is 0. The summed E-state index contributed by atoms with van der Waals surface area (Å²) in [5, 5.41) is 5.17. The highest BCUT2D eigenvalue weighted by Gasteiger charge is 2.38. The van der Waals surface area contributed by atoms with Crippen molar-refractivity contribution in [2.75, 3.05) is 32.8 Å². The van der Waals surface area contributed by atoms with Crippen molar-refractivity contribution >= 4 is 23.3 Å². The average molecular weight is 334 g/mol. The largest absolute Gasteiger partial charge is 0.379 e. The highest BCUT2D eigenvalue weighted by Crippen LogP contribution is 2.33. The van der Waals surface area contributed by atoms with E-state index in [-0.39, 0.29) is 11.4 Å². The zero-order chi connectivity index (χ0) is 16.0. The third kappa shape index (κ3) is 4.43. The number of nitrogens with one attached hydrogen (secondary N) is 1. The summed E-state index contributed by atoms with van der Waals surface area (Å²) in [4.78, 5) is 15.8. The topological polar surface area (TPSA) is 41.6 Å². The molecule has 5 heteroatoms. The van der Waals surface area contributed by atoms with Crippen LogP contribution in [0.15, 0.2) is 23.6 Å². The van der Waals surface area contributed by atoms with E-state index < -0.39 is 0 Å². The Morgan fingerprint density at radius 1 is 1.30 bits per heavy atom. The van der Waals surface area contributed by atoms with Gasteiger partial charge in [-0.3, -0.25) is 9.69 Å². The van der Waals surface area contributed by atoms with E-state index in [9.17, 15) is 4.79 Å². The van der Waals surface area contributed by atoms with Crippen LogP contribution in [0, 0.1) is 0 Å². The van der Waals surface area contributed by atoms with E-state index in [2.05, 4.69) is 10.2 Å². The molecule has 126 valence electrons. The van der Waals surface area contributed by atoms with Gasteiger partial charge in [0.15, 0.2) is 0 Å². The van der Waals surface area contributed by atoms with Gasteiger partial charge in [-0.05, 0) is 30.4 Å². The molecule has 1 saturated carbocycles. The Labute approximate surface area is 142 Å². The molecule has 0 bridgehead atoms. The van der Waals surface area contributed by atoms with Gasteiger partial charge < -0.3 is 10.1 Å². The molecule has 2 heterocycles. The molecule has 0 atom stereocenters. The molecule has 0 radical (unpaired) electrons. The number of hydrogen-bond acceptors (Lipinski definition) is 4. The summed E-state index contributed by atoms with van der Waals surface area (Å²) in [6.45, 7) is 4.35. The predicted octanol–water partition coefficient (Wildman–Crippen LogP) is 2.91. The van der Waals surface area contributed by atoms with E-state index >= 15 is 0 Å². The number of morpholine rings is 1. The van der Waals surface area contributed by atoms with Gasteiger partial charge in [-0.15, -0.1) is 11.3 Å². The van der Waals surface area contributed by atoms with Crippen LogP contribution in [0.4, 0.5) is 0 Å². The lowest BCUT2D eigenvalue weighted by molar-refractivity contribution is -0.117. The van der Waals surface area contributed by atoms with Crippen LogP contribution in [0.25, 0.3) is 6.08 Å². The number of rotatable bonds is 5. The lowest BCUT2D eigenvalue weighted by Gasteiger charge is -2.48. The summed E-state index contributed by atoms with van der Waals surface area (Å²) in [5.74, 6) is 0.0107. The van der Waals surface area contributed by atoms with Crippen LogP contribution in [0.2, 0.25) is 0 Å². The lowest BCUT2D eigenvalue weighted by Crippen LogP contribution is -2.59. The molecular formula is C18H26N2O2S. The zero-order valence-electron chi connectivity index (χ0n) is 13.6. The van der Waals surface area contributed by atoms with Crippen molar-refractivity contribution in [1.82, 2.24) is 10.2 Å². The molecule has 1 N–H and O–H groups in total. The van der Waals surface area contributed by atoms with E-state index in [1.807, 2.05) is 23.6 Å². The molecular weight excluding hydrogens is 308 g/mol. The number of ether oxygens (including phenoxy) is 1. The van der Waals surface area contributed by atoms with Crippen molar-refractivity contribution in [3.8, 4) is 0 Å². The van der Waals surface area contributed by atoms with Crippen molar-refractivity contribution in [2.45, 2.75) is 37.6 Å². The maximum atomic E-state index is 12.2. The second kappa shape index (κ2) is 8.08. The molecule has 1 aliphatic heterocycles. The SMILES string of the molecule is O=C(/C=C/c1cccs1)NCC1(N2CCOCC2)CCCCC1. The van der Waals surface area contributed by atoms with Crippen molar-refractivity contribution in [2.24, 2.45) is 0 Å². The minimum Gasteiger partial charge on any atom is -0.379 e. The first kappa shape index (κ1) is 16.7. The van der Waals surface area contributed by atoms with Crippen LogP contribution in [0.5, 0.6) is 0 Å². The van der Waals surface area contributed by atoms with Gasteiger partial charge in [0.25, 0.3) is 0 Å². The van der Waals surface area contributed by atoms with Gasteiger partial charge in [0.1, 0.15) is 0 Å². The minimum absolute atomic E-state index is 0.0107. The molecule has 0 spiro atoms. The second-order valence-electron chi connectivity index (χ2n) is 6.45. The Morgan fingerprint density at radius 2 is 2.09 bits per heavy atom.